The summed E-state index contributed by atoms with van der Waals surface area (Å²) in [6, 6.07) is 0.923. The number of phosphoric ester groups is 1. The van der Waals surface area contributed by atoms with E-state index >= 15 is 4.39 Å². The van der Waals surface area contributed by atoms with Crippen molar-refractivity contribution in [3.63, 3.8) is 0 Å². The van der Waals surface area contributed by atoms with Gasteiger partial charge in [0.15, 0.2) is 36.9 Å². The number of nitrogens with two attached hydrogens (primary N) is 1. The maximum atomic E-state index is 15.5. The van der Waals surface area contributed by atoms with E-state index < -0.39 is 87.4 Å². The molecule has 0 radical (unpaired) electrons. The number of nitrogens with zero attached hydrogens (tertiary/aromatic N) is 5. The maximum Gasteiger partial charge on any atom is 0.330 e. The Morgan fingerprint density at radius 3 is 2.63 bits per heavy atom. The van der Waals surface area contributed by atoms with Crippen LogP contribution in [0.3, 0.4) is 0 Å². The lowest BCUT2D eigenvalue weighted by Crippen LogP contribution is -2.39. The van der Waals surface area contributed by atoms with Gasteiger partial charge in [-0.3, -0.25) is 28.0 Å². The second kappa shape index (κ2) is 11.4. The molecule has 3 saturated heterocycles. The summed E-state index contributed by atoms with van der Waals surface area (Å²) >= 11 is 0.188. The van der Waals surface area contributed by atoms with Gasteiger partial charge in [-0.15, -0.1) is 0 Å². The Morgan fingerprint density at radius 1 is 1.12 bits per heavy atom. The molecule has 19 nitrogen and oxygen atoms in total. The number of anilines is 1. The van der Waals surface area contributed by atoms with Crippen LogP contribution in [0, 0.1) is 0 Å². The monoisotopic (exact) mass is 665 g/mol. The third kappa shape index (κ3) is 5.83. The average molecular weight is 665 g/mol. The number of hydrogen-bond donors (Lipinski definition) is 2. The summed E-state index contributed by atoms with van der Waals surface area (Å²) in [5, 5.41) is 0. The van der Waals surface area contributed by atoms with Gasteiger partial charge in [-0.2, -0.15) is 0 Å². The molecule has 6 rings (SSSR count). The topological polar surface area (TPSA) is 260 Å². The van der Waals surface area contributed by atoms with E-state index in [1.807, 2.05) is 4.98 Å². The molecule has 2 bridgehead atoms. The minimum Gasteiger partial charge on any atom is -0.770 e. The normalized spacial score (nSPS) is 38.7. The quantitative estimate of drug-likeness (QED) is 0.304. The third-order valence-corrected chi connectivity index (χ3v) is 10.8. The highest BCUT2D eigenvalue weighted by Crippen LogP contribution is 2.57. The smallest absolute Gasteiger partial charge is 0.330 e. The second-order valence-electron chi connectivity index (χ2n) is 9.50. The third-order valence-electron chi connectivity index (χ3n) is 6.90. The number of hydrogen-bond acceptors (Lipinski definition) is 17. The number of nitrogen functional groups attached to an aromatic ring is 1. The highest BCUT2D eigenvalue weighted by atomic mass is 32.7. The number of rotatable bonds is 3. The standard InChI is InChI=1S/C20H24FN7O12P2S/c1-35-15-13-8(37-19(15)28-7-25-12-16(22)23-6-24-17(12)28)4-36-41(31,32)39-14-11(21)9(5-43-42(33,34)40-13)38-18(14)27-3-2-10(29)26-20(27)30/h2-3,6-9,11,13-15,18-19H,4-5H2,1H3,(H,31,32)(H,33,34)(H2,22,23,24)(H,26,29,30)/p-2/t8-,9-,11-,13-,14-,15-,18-,19-/m1/s1. The minimum atomic E-state index is -5.40. The fourth-order valence-electron chi connectivity index (χ4n) is 4.98. The average Bonchev–Trinajstić information content (AvgIpc) is 3.60. The maximum absolute atomic E-state index is 15.5. The van der Waals surface area contributed by atoms with Crippen molar-refractivity contribution in [2.75, 3.05) is 25.2 Å². The van der Waals surface area contributed by atoms with E-state index in [1.54, 1.807) is 0 Å². The highest BCUT2D eigenvalue weighted by molar-refractivity contribution is 8.54. The molecule has 10 atom stereocenters. The van der Waals surface area contributed by atoms with Gasteiger partial charge in [0.25, 0.3) is 13.4 Å². The Morgan fingerprint density at radius 2 is 1.88 bits per heavy atom. The SMILES string of the molecule is CO[C@@H]1[C@@H]2OP(=O)([O-])SC[C@H]3O[C@@H](n4ccc(=O)[nH]c4=O)[C@H](OP(=O)([O-])OC[C@H]2O[C@H]1n1cnc2c(N)ncnc21)[C@@H]3F. The first kappa shape index (κ1) is 30.5. The molecular weight excluding hydrogens is 643 g/mol. The van der Waals surface area contributed by atoms with Gasteiger partial charge >= 0.3 is 5.69 Å². The summed E-state index contributed by atoms with van der Waals surface area (Å²) in [5.41, 5.74) is 4.46. The molecule has 0 spiro atoms. The molecule has 234 valence electrons. The summed E-state index contributed by atoms with van der Waals surface area (Å²) in [6.45, 7) is -5.75. The second-order valence-corrected chi connectivity index (χ2v) is 14.7. The summed E-state index contributed by atoms with van der Waals surface area (Å²) in [5.74, 6) is -0.532. The van der Waals surface area contributed by atoms with Crippen molar-refractivity contribution in [1.29, 1.82) is 0 Å². The van der Waals surface area contributed by atoms with Gasteiger partial charge < -0.3 is 43.3 Å². The number of halogens is 1. The molecule has 6 heterocycles. The molecule has 0 saturated carbocycles. The number of methoxy groups -OCH3 is 1. The first-order valence-electron chi connectivity index (χ1n) is 12.4. The fraction of sp³-hybridized carbons (Fsp3) is 0.550. The molecular formula is C20H22FN7O12P2S-2. The van der Waals surface area contributed by atoms with Crippen LogP contribution in [0.4, 0.5) is 10.2 Å². The zero-order valence-electron chi connectivity index (χ0n) is 21.7. The van der Waals surface area contributed by atoms with Crippen molar-refractivity contribution in [3.05, 3.63) is 45.8 Å². The zero-order valence-corrected chi connectivity index (χ0v) is 24.3. The molecule has 43 heavy (non-hydrogen) atoms. The van der Waals surface area contributed by atoms with Crippen LogP contribution in [0.5, 0.6) is 0 Å². The lowest BCUT2D eigenvalue weighted by molar-refractivity contribution is -0.237. The van der Waals surface area contributed by atoms with E-state index in [0.29, 0.717) is 4.57 Å². The molecule has 2 unspecified atom stereocenters. The zero-order chi connectivity index (χ0) is 30.7. The largest absolute Gasteiger partial charge is 0.770 e. The Kier molecular flexibility index (Phi) is 8.10. The van der Waals surface area contributed by atoms with Gasteiger partial charge in [0.05, 0.1) is 12.9 Å². The van der Waals surface area contributed by atoms with E-state index in [0.717, 1.165) is 12.3 Å². The number of imidazole rings is 1. The lowest BCUT2D eigenvalue weighted by Gasteiger charge is -2.32. The molecule has 3 aromatic heterocycles. The van der Waals surface area contributed by atoms with E-state index in [2.05, 4.69) is 15.0 Å². The molecule has 3 aliphatic heterocycles. The number of fused-ring (bicyclic) bond motifs is 4. The van der Waals surface area contributed by atoms with Crippen LogP contribution >= 0.6 is 26.0 Å². The van der Waals surface area contributed by atoms with Crippen LogP contribution in [-0.2, 0) is 36.9 Å². The van der Waals surface area contributed by atoms with Crippen molar-refractivity contribution in [3.8, 4) is 0 Å². The van der Waals surface area contributed by atoms with Crippen molar-refractivity contribution in [2.24, 2.45) is 0 Å². The molecule has 3 aliphatic rings. The number of nitrogens with one attached hydrogen (secondary N) is 1. The Labute approximate surface area is 243 Å². The van der Waals surface area contributed by atoms with Gasteiger partial charge in [-0.05, 0) is 0 Å². The van der Waals surface area contributed by atoms with Gasteiger partial charge in [-0.1, -0.05) is 11.4 Å². The number of alkyl halides is 1. The number of aromatic amines is 1. The Hall–Kier alpha value is -2.55. The summed E-state index contributed by atoms with van der Waals surface area (Å²) in [4.78, 5) is 64.0. The van der Waals surface area contributed by atoms with Gasteiger partial charge in [0, 0.05) is 25.1 Å². The van der Waals surface area contributed by atoms with Gasteiger partial charge in [0.2, 0.25) is 0 Å². The van der Waals surface area contributed by atoms with Crippen LogP contribution in [0.1, 0.15) is 12.5 Å². The Bertz CT molecular complexity index is 1740. The summed E-state index contributed by atoms with van der Waals surface area (Å²) in [6.07, 6.45) is -9.31. The molecule has 0 aromatic carbocycles. The predicted octanol–water partition coefficient (Wildman–Crippen LogP) is -1.42. The first-order chi connectivity index (χ1) is 20.4. The van der Waals surface area contributed by atoms with Crippen molar-refractivity contribution >= 4 is 43.0 Å². The van der Waals surface area contributed by atoms with Crippen molar-refractivity contribution in [2.45, 2.75) is 49.1 Å². The van der Waals surface area contributed by atoms with Crippen molar-refractivity contribution in [1.82, 2.24) is 29.1 Å². The molecule has 3 N–H and O–H groups in total. The van der Waals surface area contributed by atoms with Crippen LogP contribution in [0.2, 0.25) is 0 Å². The molecule has 23 heteroatoms. The first-order valence-corrected chi connectivity index (χ1v) is 17.0. The number of aromatic nitrogens is 6. The van der Waals surface area contributed by atoms with E-state index in [9.17, 15) is 28.5 Å². The minimum absolute atomic E-state index is 0.0631. The summed E-state index contributed by atoms with van der Waals surface area (Å²) in [7, 11) is -4.15. The highest BCUT2D eigenvalue weighted by Gasteiger charge is 2.52. The number of ether oxygens (including phenoxy) is 3. The summed E-state index contributed by atoms with van der Waals surface area (Å²) < 4.78 is 76.1. The van der Waals surface area contributed by atoms with Crippen LogP contribution in [0.25, 0.3) is 11.2 Å². The van der Waals surface area contributed by atoms with Crippen molar-refractivity contribution < 1.29 is 51.1 Å². The molecule has 3 fully saturated rings. The molecule has 0 aliphatic carbocycles. The van der Waals surface area contributed by atoms with Gasteiger partial charge in [-0.25, -0.2) is 24.1 Å². The molecule has 3 aromatic rings. The lowest BCUT2D eigenvalue weighted by atomic mass is 10.1. The van der Waals surface area contributed by atoms with E-state index in [1.165, 1.54) is 24.3 Å². The van der Waals surface area contributed by atoms with Gasteiger partial charge in [0.1, 0.15) is 42.4 Å². The Balaban J connectivity index is 1.33. The van der Waals surface area contributed by atoms with Crippen LogP contribution < -0.4 is 26.8 Å². The van der Waals surface area contributed by atoms with Crippen LogP contribution in [0.15, 0.2) is 34.5 Å². The van der Waals surface area contributed by atoms with E-state index in [-0.39, 0.29) is 28.4 Å². The van der Waals surface area contributed by atoms with Crippen LogP contribution in [-0.4, -0.2) is 85.2 Å². The number of H-pyrrole nitrogens is 1. The molecule has 0 amide bonds. The fourth-order valence-corrected chi connectivity index (χ4v) is 8.57. The van der Waals surface area contributed by atoms with E-state index in [4.69, 9.17) is 33.5 Å². The predicted molar refractivity (Wildman–Crippen MR) is 138 cm³/mol. The number of phosphoric acid groups is 1.